The number of amides is 1. The first kappa shape index (κ1) is 15.9. The number of hydrogen-bond donors (Lipinski definition) is 2. The number of nitrogens with two attached hydrogens (primary N) is 1. The molecule has 0 saturated heterocycles. The van der Waals surface area contributed by atoms with Crippen molar-refractivity contribution in [1.29, 1.82) is 0 Å². The topological polar surface area (TPSA) is 64.3 Å². The highest BCUT2D eigenvalue weighted by Crippen LogP contribution is 2.18. The molecule has 0 aliphatic heterocycles. The minimum absolute atomic E-state index is 0.0338. The third kappa shape index (κ3) is 4.81. The molecule has 22 heavy (non-hydrogen) atoms. The van der Waals surface area contributed by atoms with Crippen molar-refractivity contribution < 1.29 is 9.53 Å². The van der Waals surface area contributed by atoms with Crippen LogP contribution in [-0.2, 0) is 11.2 Å². The molecule has 4 heteroatoms. The Morgan fingerprint density at radius 1 is 1.14 bits per heavy atom. The van der Waals surface area contributed by atoms with E-state index in [1.807, 2.05) is 56.3 Å². The molecule has 0 aliphatic rings. The molecule has 2 aromatic carbocycles. The average molecular weight is 298 g/mol. The number of nitrogens with one attached hydrogen (secondary N) is 1. The minimum Gasteiger partial charge on any atom is -0.483 e. The molecular formula is C18H22N2O2. The summed E-state index contributed by atoms with van der Waals surface area (Å²) in [6, 6.07) is 13.6. The first-order chi connectivity index (χ1) is 10.5. The van der Waals surface area contributed by atoms with E-state index in [2.05, 4.69) is 5.32 Å². The summed E-state index contributed by atoms with van der Waals surface area (Å²) in [6.45, 7) is 4.58. The van der Waals surface area contributed by atoms with Crippen molar-refractivity contribution in [2.75, 3.05) is 18.9 Å². The summed E-state index contributed by atoms with van der Waals surface area (Å²) in [5, 5.41) is 2.85. The molecule has 0 bridgehead atoms. The van der Waals surface area contributed by atoms with Gasteiger partial charge >= 0.3 is 0 Å². The van der Waals surface area contributed by atoms with Crippen LogP contribution in [0, 0.1) is 13.8 Å². The van der Waals surface area contributed by atoms with Gasteiger partial charge in [0, 0.05) is 12.2 Å². The third-order valence-electron chi connectivity index (χ3n) is 3.42. The van der Waals surface area contributed by atoms with Gasteiger partial charge in [0.2, 0.25) is 0 Å². The Bertz CT molecular complexity index is 636. The zero-order valence-corrected chi connectivity index (χ0v) is 13.1. The molecule has 0 atom stereocenters. The van der Waals surface area contributed by atoms with E-state index < -0.39 is 0 Å². The summed E-state index contributed by atoms with van der Waals surface area (Å²) < 4.78 is 5.57. The fourth-order valence-electron chi connectivity index (χ4n) is 2.09. The highest BCUT2D eigenvalue weighted by atomic mass is 16.5. The molecule has 0 unspecified atom stereocenters. The lowest BCUT2D eigenvalue weighted by molar-refractivity contribution is -0.123. The van der Waals surface area contributed by atoms with Crippen LogP contribution in [0.4, 0.5) is 5.69 Å². The van der Waals surface area contributed by atoms with Crippen molar-refractivity contribution in [2.24, 2.45) is 0 Å². The largest absolute Gasteiger partial charge is 0.483 e. The molecule has 0 saturated carbocycles. The van der Waals surface area contributed by atoms with Crippen molar-refractivity contribution in [1.82, 2.24) is 5.32 Å². The quantitative estimate of drug-likeness (QED) is 0.806. The Balaban J connectivity index is 1.74. The van der Waals surface area contributed by atoms with Gasteiger partial charge < -0.3 is 15.8 Å². The van der Waals surface area contributed by atoms with E-state index in [4.69, 9.17) is 10.5 Å². The zero-order chi connectivity index (χ0) is 15.9. The monoisotopic (exact) mass is 298 g/mol. The highest BCUT2D eigenvalue weighted by Gasteiger charge is 2.05. The maximum absolute atomic E-state index is 11.8. The normalized spacial score (nSPS) is 10.3. The summed E-state index contributed by atoms with van der Waals surface area (Å²) in [5.74, 6) is 0.644. The van der Waals surface area contributed by atoms with Gasteiger partial charge in [0.15, 0.2) is 6.61 Å². The number of carbonyl (C=O) groups is 1. The number of ether oxygens (including phenoxy) is 1. The average Bonchev–Trinajstić information content (AvgIpc) is 2.50. The van der Waals surface area contributed by atoms with Crippen molar-refractivity contribution in [3.8, 4) is 5.75 Å². The van der Waals surface area contributed by atoms with Crippen LogP contribution in [0.15, 0.2) is 42.5 Å². The Morgan fingerprint density at radius 3 is 2.59 bits per heavy atom. The molecule has 3 N–H and O–H groups in total. The Kier molecular flexibility index (Phi) is 5.42. The van der Waals surface area contributed by atoms with E-state index in [0.29, 0.717) is 6.54 Å². The fraction of sp³-hybridized carbons (Fsp3) is 0.278. The van der Waals surface area contributed by atoms with E-state index in [1.54, 1.807) is 0 Å². The summed E-state index contributed by atoms with van der Waals surface area (Å²) in [5.41, 5.74) is 9.67. The van der Waals surface area contributed by atoms with Gasteiger partial charge in [-0.05, 0) is 55.2 Å². The van der Waals surface area contributed by atoms with Crippen LogP contribution in [0.5, 0.6) is 5.75 Å². The first-order valence-electron chi connectivity index (χ1n) is 7.36. The van der Waals surface area contributed by atoms with Gasteiger partial charge in [-0.1, -0.05) is 24.3 Å². The lowest BCUT2D eigenvalue weighted by Gasteiger charge is -2.10. The zero-order valence-electron chi connectivity index (χ0n) is 13.1. The van der Waals surface area contributed by atoms with Crippen LogP contribution in [-0.4, -0.2) is 19.1 Å². The number of hydrogen-bond acceptors (Lipinski definition) is 3. The number of carbonyl (C=O) groups excluding carboxylic acids is 1. The van der Waals surface area contributed by atoms with Crippen molar-refractivity contribution in [3.05, 3.63) is 59.2 Å². The van der Waals surface area contributed by atoms with Gasteiger partial charge in [-0.2, -0.15) is 0 Å². The van der Waals surface area contributed by atoms with Crippen molar-refractivity contribution in [3.63, 3.8) is 0 Å². The van der Waals surface area contributed by atoms with Crippen LogP contribution in [0.3, 0.4) is 0 Å². The van der Waals surface area contributed by atoms with Crippen LogP contribution < -0.4 is 15.8 Å². The lowest BCUT2D eigenvalue weighted by Crippen LogP contribution is -2.30. The minimum atomic E-state index is -0.114. The predicted molar refractivity (Wildman–Crippen MR) is 89.0 cm³/mol. The number of nitrogen functional groups attached to an aromatic ring is 1. The van der Waals surface area contributed by atoms with Crippen LogP contribution in [0.25, 0.3) is 0 Å². The maximum atomic E-state index is 11.8. The first-order valence-corrected chi connectivity index (χ1v) is 7.36. The summed E-state index contributed by atoms with van der Waals surface area (Å²) >= 11 is 0. The third-order valence-corrected chi connectivity index (χ3v) is 3.42. The van der Waals surface area contributed by atoms with Gasteiger partial charge in [-0.25, -0.2) is 0 Å². The highest BCUT2D eigenvalue weighted by molar-refractivity contribution is 5.77. The van der Waals surface area contributed by atoms with Crippen LogP contribution >= 0.6 is 0 Å². The molecule has 0 fully saturated rings. The molecule has 0 radical (unpaired) electrons. The lowest BCUT2D eigenvalue weighted by atomic mass is 10.1. The molecular weight excluding hydrogens is 276 g/mol. The van der Waals surface area contributed by atoms with Gasteiger partial charge in [0.05, 0.1) is 0 Å². The number of benzene rings is 2. The van der Waals surface area contributed by atoms with E-state index in [1.165, 1.54) is 0 Å². The van der Waals surface area contributed by atoms with E-state index in [9.17, 15) is 4.79 Å². The molecule has 116 valence electrons. The predicted octanol–water partition coefficient (Wildman–Crippen LogP) is 2.62. The Labute approximate surface area is 131 Å². The van der Waals surface area contributed by atoms with Gasteiger partial charge in [0.1, 0.15) is 5.75 Å². The Morgan fingerprint density at radius 2 is 1.86 bits per heavy atom. The second kappa shape index (κ2) is 7.50. The smallest absolute Gasteiger partial charge is 0.257 e. The Hall–Kier alpha value is -2.49. The van der Waals surface area contributed by atoms with E-state index in [-0.39, 0.29) is 12.5 Å². The van der Waals surface area contributed by atoms with E-state index >= 15 is 0 Å². The van der Waals surface area contributed by atoms with Crippen molar-refractivity contribution >= 4 is 11.6 Å². The molecule has 2 rings (SSSR count). The van der Waals surface area contributed by atoms with E-state index in [0.717, 1.165) is 34.5 Å². The molecule has 0 heterocycles. The number of rotatable bonds is 6. The molecule has 1 amide bonds. The SMILES string of the molecule is Cc1ccc(C)c(OCC(=O)NCCc2ccc(N)cc2)c1. The summed E-state index contributed by atoms with van der Waals surface area (Å²) in [7, 11) is 0. The molecule has 2 aromatic rings. The van der Waals surface area contributed by atoms with Gasteiger partial charge in [0.25, 0.3) is 5.91 Å². The standard InChI is InChI=1S/C18H22N2O2/c1-13-3-4-14(2)17(11-13)22-12-18(21)20-10-9-15-5-7-16(19)8-6-15/h3-8,11H,9-10,12,19H2,1-2H3,(H,20,21). The maximum Gasteiger partial charge on any atom is 0.257 e. The molecule has 0 aromatic heterocycles. The molecule has 4 nitrogen and oxygen atoms in total. The van der Waals surface area contributed by atoms with Gasteiger partial charge in [-0.3, -0.25) is 4.79 Å². The van der Waals surface area contributed by atoms with Gasteiger partial charge in [-0.15, -0.1) is 0 Å². The molecule has 0 spiro atoms. The second-order valence-electron chi connectivity index (χ2n) is 5.40. The fourth-order valence-corrected chi connectivity index (χ4v) is 2.09. The van der Waals surface area contributed by atoms with Crippen LogP contribution in [0.2, 0.25) is 0 Å². The van der Waals surface area contributed by atoms with Crippen molar-refractivity contribution in [2.45, 2.75) is 20.3 Å². The van der Waals surface area contributed by atoms with Crippen LogP contribution in [0.1, 0.15) is 16.7 Å². The number of aryl methyl sites for hydroxylation is 2. The molecule has 0 aliphatic carbocycles. The second-order valence-corrected chi connectivity index (χ2v) is 5.40. The number of anilines is 1. The summed E-state index contributed by atoms with van der Waals surface area (Å²) in [4.78, 5) is 11.8. The summed E-state index contributed by atoms with van der Waals surface area (Å²) in [6.07, 6.45) is 0.773.